The van der Waals surface area contributed by atoms with Crippen LogP contribution in [0.25, 0.3) is 5.69 Å². The van der Waals surface area contributed by atoms with E-state index in [0.717, 1.165) is 16.8 Å². The summed E-state index contributed by atoms with van der Waals surface area (Å²) in [6.45, 7) is 5.30. The number of carbonyl (C=O) groups excluding carboxylic acids is 2. The summed E-state index contributed by atoms with van der Waals surface area (Å²) in [5.74, 6) is -0.489. The Hall–Kier alpha value is -3.54. The highest BCUT2D eigenvalue weighted by Gasteiger charge is 2.47. The molecule has 2 aromatic carbocycles. The zero-order valence-corrected chi connectivity index (χ0v) is 16.6. The van der Waals surface area contributed by atoms with E-state index in [2.05, 4.69) is 10.6 Å². The zero-order valence-electron chi connectivity index (χ0n) is 16.6. The molecule has 29 heavy (non-hydrogen) atoms. The van der Waals surface area contributed by atoms with Crippen LogP contribution in [0, 0.1) is 6.92 Å². The highest BCUT2D eigenvalue weighted by Crippen LogP contribution is 2.34. The monoisotopic (exact) mass is 389 g/mol. The van der Waals surface area contributed by atoms with Gasteiger partial charge in [-0.15, -0.1) is 0 Å². The molecule has 1 aliphatic heterocycles. The second-order valence-electron chi connectivity index (χ2n) is 7.47. The SMILES string of the molecule is Cc1ccc2c(c1)NC(=O)C(C)(C(=O)NC(C)c1cccc(-n3cccc3)c1)O2. The minimum Gasteiger partial charge on any atom is -0.466 e. The maximum Gasteiger partial charge on any atom is 0.278 e. The summed E-state index contributed by atoms with van der Waals surface area (Å²) in [7, 11) is 0. The summed E-state index contributed by atoms with van der Waals surface area (Å²) >= 11 is 0. The Morgan fingerprint density at radius 3 is 2.66 bits per heavy atom. The van der Waals surface area contributed by atoms with Crippen molar-refractivity contribution >= 4 is 17.5 Å². The Labute approximate surface area is 169 Å². The molecule has 0 saturated carbocycles. The molecule has 1 aromatic heterocycles. The average molecular weight is 389 g/mol. The number of benzene rings is 2. The van der Waals surface area contributed by atoms with Crippen molar-refractivity contribution in [2.45, 2.75) is 32.4 Å². The number of fused-ring (bicyclic) bond motifs is 1. The maximum absolute atomic E-state index is 13.0. The third kappa shape index (κ3) is 3.49. The van der Waals surface area contributed by atoms with Crippen molar-refractivity contribution in [2.24, 2.45) is 0 Å². The van der Waals surface area contributed by atoms with E-state index in [1.54, 1.807) is 6.07 Å². The Bertz CT molecular complexity index is 1070. The fourth-order valence-electron chi connectivity index (χ4n) is 3.37. The third-order valence-corrected chi connectivity index (χ3v) is 5.18. The molecule has 4 rings (SSSR count). The second-order valence-corrected chi connectivity index (χ2v) is 7.47. The lowest BCUT2D eigenvalue weighted by Gasteiger charge is -2.34. The predicted octanol–water partition coefficient (Wildman–Crippen LogP) is 3.75. The van der Waals surface area contributed by atoms with Crippen LogP contribution in [0.15, 0.2) is 67.0 Å². The van der Waals surface area contributed by atoms with Crippen molar-refractivity contribution in [1.82, 2.24) is 9.88 Å². The summed E-state index contributed by atoms with van der Waals surface area (Å²) in [5.41, 5.74) is 1.86. The fourth-order valence-corrected chi connectivity index (χ4v) is 3.37. The molecular weight excluding hydrogens is 366 g/mol. The van der Waals surface area contributed by atoms with Crippen LogP contribution in [0.2, 0.25) is 0 Å². The smallest absolute Gasteiger partial charge is 0.278 e. The molecule has 0 radical (unpaired) electrons. The number of aryl methyl sites for hydroxylation is 1. The second kappa shape index (κ2) is 7.13. The molecular formula is C23H23N3O3. The first-order valence-electron chi connectivity index (χ1n) is 9.52. The first-order valence-corrected chi connectivity index (χ1v) is 9.52. The van der Waals surface area contributed by atoms with Gasteiger partial charge in [0.2, 0.25) is 0 Å². The fraction of sp³-hybridized carbons (Fsp3) is 0.217. The number of aromatic nitrogens is 1. The molecule has 0 saturated heterocycles. The first kappa shape index (κ1) is 18.8. The summed E-state index contributed by atoms with van der Waals surface area (Å²) in [6, 6.07) is 17.0. The standard InChI is InChI=1S/C23H23N3O3/c1-15-9-10-20-19(13-15)25-22(28)23(3,29-20)21(27)24-16(2)17-7-6-8-18(14-17)26-11-4-5-12-26/h4-14,16H,1-3H3,(H,24,27)(H,25,28). The number of ether oxygens (including phenoxy) is 1. The molecule has 148 valence electrons. The van der Waals surface area contributed by atoms with E-state index in [1.165, 1.54) is 6.92 Å². The van der Waals surface area contributed by atoms with E-state index in [9.17, 15) is 9.59 Å². The number of carbonyl (C=O) groups is 2. The van der Waals surface area contributed by atoms with Crippen molar-refractivity contribution < 1.29 is 14.3 Å². The van der Waals surface area contributed by atoms with Gasteiger partial charge in [-0.1, -0.05) is 18.2 Å². The normalized spacial score (nSPS) is 18.9. The minimum atomic E-state index is -1.64. The minimum absolute atomic E-state index is 0.300. The van der Waals surface area contributed by atoms with Gasteiger partial charge in [-0.25, -0.2) is 0 Å². The highest BCUT2D eigenvalue weighted by atomic mass is 16.5. The lowest BCUT2D eigenvalue weighted by atomic mass is 9.99. The van der Waals surface area contributed by atoms with Crippen LogP contribution in [-0.4, -0.2) is 22.0 Å². The molecule has 0 bridgehead atoms. The van der Waals surface area contributed by atoms with Gasteiger partial charge in [-0.2, -0.15) is 0 Å². The Morgan fingerprint density at radius 2 is 1.90 bits per heavy atom. The lowest BCUT2D eigenvalue weighted by molar-refractivity contribution is -0.147. The summed E-state index contributed by atoms with van der Waals surface area (Å²) in [4.78, 5) is 25.7. The summed E-state index contributed by atoms with van der Waals surface area (Å²) in [6.07, 6.45) is 3.92. The molecule has 2 unspecified atom stereocenters. The predicted molar refractivity (Wildman–Crippen MR) is 111 cm³/mol. The van der Waals surface area contributed by atoms with Gasteiger partial charge >= 0.3 is 0 Å². The molecule has 2 heterocycles. The number of hydrogen-bond acceptors (Lipinski definition) is 3. The number of amides is 2. The first-order chi connectivity index (χ1) is 13.9. The van der Waals surface area contributed by atoms with Crippen molar-refractivity contribution in [1.29, 1.82) is 0 Å². The zero-order chi connectivity index (χ0) is 20.6. The van der Waals surface area contributed by atoms with Crippen LogP contribution in [0.1, 0.15) is 31.0 Å². The van der Waals surface area contributed by atoms with Crippen LogP contribution < -0.4 is 15.4 Å². The van der Waals surface area contributed by atoms with Crippen molar-refractivity contribution in [3.8, 4) is 11.4 Å². The Morgan fingerprint density at radius 1 is 1.14 bits per heavy atom. The maximum atomic E-state index is 13.0. The van der Waals surface area contributed by atoms with Crippen molar-refractivity contribution in [3.05, 3.63) is 78.1 Å². The molecule has 0 aliphatic carbocycles. The van der Waals surface area contributed by atoms with Gasteiger partial charge in [0.1, 0.15) is 5.75 Å². The van der Waals surface area contributed by atoms with Crippen LogP contribution in [0.3, 0.4) is 0 Å². The quantitative estimate of drug-likeness (QED) is 0.668. The van der Waals surface area contributed by atoms with Gasteiger partial charge in [0.15, 0.2) is 0 Å². The summed E-state index contributed by atoms with van der Waals surface area (Å²) in [5, 5.41) is 5.70. The van der Waals surface area contributed by atoms with Crippen LogP contribution in [0.5, 0.6) is 5.75 Å². The highest BCUT2D eigenvalue weighted by molar-refractivity contribution is 6.15. The lowest BCUT2D eigenvalue weighted by Crippen LogP contribution is -2.59. The van der Waals surface area contributed by atoms with Crippen LogP contribution >= 0.6 is 0 Å². The van der Waals surface area contributed by atoms with Gasteiger partial charge in [-0.3, -0.25) is 9.59 Å². The van der Waals surface area contributed by atoms with Crippen molar-refractivity contribution in [3.63, 3.8) is 0 Å². The van der Waals surface area contributed by atoms with Gasteiger partial charge in [0, 0.05) is 18.1 Å². The van der Waals surface area contributed by atoms with Gasteiger partial charge in [-0.05, 0) is 68.3 Å². The average Bonchev–Trinajstić information content (AvgIpc) is 3.24. The number of anilines is 1. The number of rotatable bonds is 4. The molecule has 0 spiro atoms. The van der Waals surface area contributed by atoms with E-state index >= 15 is 0 Å². The summed E-state index contributed by atoms with van der Waals surface area (Å²) < 4.78 is 7.84. The molecule has 3 aromatic rings. The van der Waals surface area contributed by atoms with E-state index in [-0.39, 0.29) is 6.04 Å². The van der Waals surface area contributed by atoms with Gasteiger partial charge < -0.3 is 19.9 Å². The number of nitrogens with one attached hydrogen (secondary N) is 2. The van der Waals surface area contributed by atoms with Crippen LogP contribution in [0.4, 0.5) is 5.69 Å². The van der Waals surface area contributed by atoms with Gasteiger partial charge in [0.05, 0.1) is 11.7 Å². The number of nitrogens with zero attached hydrogens (tertiary/aromatic N) is 1. The molecule has 2 amide bonds. The van der Waals surface area contributed by atoms with Crippen molar-refractivity contribution in [2.75, 3.05) is 5.32 Å². The molecule has 1 aliphatic rings. The number of hydrogen-bond donors (Lipinski definition) is 2. The Kier molecular flexibility index (Phi) is 4.62. The van der Waals surface area contributed by atoms with E-state index in [4.69, 9.17) is 4.74 Å². The Balaban J connectivity index is 1.54. The van der Waals surface area contributed by atoms with E-state index in [0.29, 0.717) is 11.4 Å². The van der Waals surface area contributed by atoms with E-state index in [1.807, 2.05) is 79.3 Å². The van der Waals surface area contributed by atoms with E-state index < -0.39 is 17.4 Å². The molecule has 0 fully saturated rings. The molecule has 6 nitrogen and oxygen atoms in total. The van der Waals surface area contributed by atoms with Crippen LogP contribution in [-0.2, 0) is 9.59 Å². The third-order valence-electron chi connectivity index (χ3n) is 5.18. The molecule has 2 N–H and O–H groups in total. The largest absolute Gasteiger partial charge is 0.466 e. The topological polar surface area (TPSA) is 72.4 Å². The molecule has 6 heteroatoms. The molecule has 2 atom stereocenters. The van der Waals surface area contributed by atoms with Gasteiger partial charge in [0.25, 0.3) is 17.4 Å².